The molecule has 0 spiro atoms. The Morgan fingerprint density at radius 2 is 1.75 bits per heavy atom. The van der Waals surface area contributed by atoms with E-state index in [9.17, 15) is 9.59 Å². The van der Waals surface area contributed by atoms with Crippen LogP contribution in [0.1, 0.15) is 18.9 Å². The van der Waals surface area contributed by atoms with E-state index >= 15 is 0 Å². The zero-order valence-corrected chi connectivity index (χ0v) is 16.1. The molecule has 2 aromatic rings. The van der Waals surface area contributed by atoms with E-state index in [0.29, 0.717) is 29.2 Å². The van der Waals surface area contributed by atoms with Crippen LogP contribution in [0.25, 0.3) is 5.57 Å². The van der Waals surface area contributed by atoms with E-state index in [4.69, 9.17) is 9.47 Å². The lowest BCUT2D eigenvalue weighted by molar-refractivity contribution is -0.137. The van der Waals surface area contributed by atoms with Crippen LogP contribution in [0.4, 0.5) is 5.69 Å². The standard InChI is InChI=1S/C22H24N2O4/c1-3-13-28-18-11-7-10-17(15-18)23-20-19(16-8-5-4-6-9-16)21(25)24(22(20)26)12-14-27-2/h4-11,15,23H,3,12-14H2,1-2H3. The molecule has 1 N–H and O–H groups in total. The molecule has 0 saturated heterocycles. The van der Waals surface area contributed by atoms with E-state index in [1.54, 1.807) is 0 Å². The average molecular weight is 380 g/mol. The minimum atomic E-state index is -0.360. The molecule has 0 saturated carbocycles. The lowest BCUT2D eigenvalue weighted by Crippen LogP contribution is -2.35. The summed E-state index contributed by atoms with van der Waals surface area (Å²) in [6, 6.07) is 16.6. The molecular weight excluding hydrogens is 356 g/mol. The Hall–Kier alpha value is -3.12. The van der Waals surface area contributed by atoms with Gasteiger partial charge in [0.1, 0.15) is 11.4 Å². The summed E-state index contributed by atoms with van der Waals surface area (Å²) in [5.41, 5.74) is 2.01. The summed E-state index contributed by atoms with van der Waals surface area (Å²) in [5.74, 6) is 0.0247. The van der Waals surface area contributed by atoms with Crippen LogP contribution in [0, 0.1) is 0 Å². The summed E-state index contributed by atoms with van der Waals surface area (Å²) < 4.78 is 10.7. The van der Waals surface area contributed by atoms with Crippen molar-refractivity contribution in [2.45, 2.75) is 13.3 Å². The number of hydrogen-bond donors (Lipinski definition) is 1. The molecule has 0 unspecified atom stereocenters. The Kier molecular flexibility index (Phi) is 6.45. The van der Waals surface area contributed by atoms with Gasteiger partial charge >= 0.3 is 0 Å². The second-order valence-corrected chi connectivity index (χ2v) is 6.37. The van der Waals surface area contributed by atoms with Crippen LogP contribution >= 0.6 is 0 Å². The molecule has 0 radical (unpaired) electrons. The third kappa shape index (κ3) is 4.23. The summed E-state index contributed by atoms with van der Waals surface area (Å²) in [6.07, 6.45) is 0.905. The van der Waals surface area contributed by atoms with E-state index in [2.05, 4.69) is 5.32 Å². The number of rotatable bonds is 9. The van der Waals surface area contributed by atoms with Crippen molar-refractivity contribution in [1.82, 2.24) is 4.90 Å². The molecule has 0 bridgehead atoms. The maximum atomic E-state index is 13.0. The second-order valence-electron chi connectivity index (χ2n) is 6.37. The third-order valence-electron chi connectivity index (χ3n) is 4.33. The SMILES string of the molecule is CCCOc1cccc(NC2=C(c3ccccc3)C(=O)N(CCOC)C2=O)c1. The highest BCUT2D eigenvalue weighted by molar-refractivity contribution is 6.36. The molecule has 6 heteroatoms. The smallest absolute Gasteiger partial charge is 0.278 e. The predicted molar refractivity (Wildman–Crippen MR) is 108 cm³/mol. The maximum Gasteiger partial charge on any atom is 0.278 e. The lowest BCUT2D eigenvalue weighted by Gasteiger charge is -2.14. The molecule has 0 fully saturated rings. The first-order valence-electron chi connectivity index (χ1n) is 9.30. The normalized spacial score (nSPS) is 14.0. The molecule has 0 aliphatic carbocycles. The van der Waals surface area contributed by atoms with Crippen molar-refractivity contribution in [2.24, 2.45) is 0 Å². The molecule has 146 valence electrons. The van der Waals surface area contributed by atoms with Crippen LogP contribution in [0.15, 0.2) is 60.3 Å². The first-order chi connectivity index (χ1) is 13.7. The maximum absolute atomic E-state index is 13.0. The molecule has 0 atom stereocenters. The summed E-state index contributed by atoms with van der Waals surface area (Å²) in [5, 5.41) is 3.14. The Balaban J connectivity index is 1.95. The molecule has 6 nitrogen and oxygen atoms in total. The lowest BCUT2D eigenvalue weighted by atomic mass is 10.0. The summed E-state index contributed by atoms with van der Waals surface area (Å²) in [7, 11) is 1.54. The van der Waals surface area contributed by atoms with Crippen LogP contribution in [-0.2, 0) is 14.3 Å². The molecule has 2 amide bonds. The summed E-state index contributed by atoms with van der Waals surface area (Å²) in [4.78, 5) is 27.1. The highest BCUT2D eigenvalue weighted by atomic mass is 16.5. The minimum Gasteiger partial charge on any atom is -0.494 e. The minimum absolute atomic E-state index is 0.204. The van der Waals surface area contributed by atoms with Gasteiger partial charge in [0.2, 0.25) is 0 Å². The number of ether oxygens (including phenoxy) is 2. The number of nitrogens with one attached hydrogen (secondary N) is 1. The number of amides is 2. The van der Waals surface area contributed by atoms with Gasteiger partial charge < -0.3 is 14.8 Å². The molecule has 0 aromatic heterocycles. The van der Waals surface area contributed by atoms with Crippen molar-refractivity contribution in [3.05, 3.63) is 65.9 Å². The number of benzene rings is 2. The van der Waals surface area contributed by atoms with Crippen molar-refractivity contribution >= 4 is 23.1 Å². The van der Waals surface area contributed by atoms with Crippen molar-refractivity contribution in [2.75, 3.05) is 32.2 Å². The number of methoxy groups -OCH3 is 1. The van der Waals surface area contributed by atoms with Crippen LogP contribution in [0.5, 0.6) is 5.75 Å². The van der Waals surface area contributed by atoms with Gasteiger partial charge in [-0.3, -0.25) is 14.5 Å². The second kappa shape index (κ2) is 9.19. The monoisotopic (exact) mass is 380 g/mol. The van der Waals surface area contributed by atoms with E-state index in [-0.39, 0.29) is 30.7 Å². The molecule has 1 aliphatic rings. The molecule has 3 rings (SSSR count). The van der Waals surface area contributed by atoms with Gasteiger partial charge in [-0.15, -0.1) is 0 Å². The Labute approximate surface area is 164 Å². The zero-order chi connectivity index (χ0) is 19.9. The Morgan fingerprint density at radius 3 is 2.46 bits per heavy atom. The topological polar surface area (TPSA) is 67.9 Å². The predicted octanol–water partition coefficient (Wildman–Crippen LogP) is 3.31. The fraction of sp³-hybridized carbons (Fsp3) is 0.273. The van der Waals surface area contributed by atoms with Crippen LogP contribution in [-0.4, -0.2) is 43.6 Å². The number of nitrogens with zero attached hydrogens (tertiary/aromatic N) is 1. The van der Waals surface area contributed by atoms with Crippen molar-refractivity contribution in [3.63, 3.8) is 0 Å². The van der Waals surface area contributed by atoms with Crippen molar-refractivity contribution in [3.8, 4) is 5.75 Å². The number of imide groups is 1. The number of carbonyl (C=O) groups excluding carboxylic acids is 2. The fourth-order valence-electron chi connectivity index (χ4n) is 2.98. The molecule has 28 heavy (non-hydrogen) atoms. The summed E-state index contributed by atoms with van der Waals surface area (Å²) >= 11 is 0. The highest BCUT2D eigenvalue weighted by Gasteiger charge is 2.38. The van der Waals surface area contributed by atoms with Gasteiger partial charge in [0.15, 0.2) is 0 Å². The number of hydrogen-bond acceptors (Lipinski definition) is 5. The largest absolute Gasteiger partial charge is 0.494 e. The molecule has 2 aromatic carbocycles. The van der Waals surface area contributed by atoms with E-state index in [1.165, 1.54) is 12.0 Å². The van der Waals surface area contributed by atoms with E-state index < -0.39 is 0 Å². The van der Waals surface area contributed by atoms with Crippen molar-refractivity contribution in [1.29, 1.82) is 0 Å². The van der Waals surface area contributed by atoms with E-state index in [0.717, 1.165) is 6.42 Å². The average Bonchev–Trinajstić information content (AvgIpc) is 2.95. The Bertz CT molecular complexity index is 877. The van der Waals surface area contributed by atoms with Gasteiger partial charge in [0.05, 0.1) is 25.3 Å². The van der Waals surface area contributed by atoms with Gasteiger partial charge in [0.25, 0.3) is 11.8 Å². The van der Waals surface area contributed by atoms with Crippen LogP contribution in [0.3, 0.4) is 0 Å². The number of anilines is 1. The zero-order valence-electron chi connectivity index (χ0n) is 16.1. The first kappa shape index (κ1) is 19.6. The van der Waals surface area contributed by atoms with Crippen LogP contribution < -0.4 is 10.1 Å². The van der Waals surface area contributed by atoms with Crippen LogP contribution in [0.2, 0.25) is 0 Å². The van der Waals surface area contributed by atoms with Gasteiger partial charge in [-0.05, 0) is 24.1 Å². The number of carbonyl (C=O) groups is 2. The third-order valence-corrected chi connectivity index (χ3v) is 4.33. The van der Waals surface area contributed by atoms with E-state index in [1.807, 2.05) is 61.5 Å². The fourth-order valence-corrected chi connectivity index (χ4v) is 2.98. The van der Waals surface area contributed by atoms with Gasteiger partial charge in [-0.2, -0.15) is 0 Å². The highest BCUT2D eigenvalue weighted by Crippen LogP contribution is 2.31. The molecule has 1 aliphatic heterocycles. The first-order valence-corrected chi connectivity index (χ1v) is 9.30. The molecular formula is C22H24N2O4. The van der Waals surface area contributed by atoms with Gasteiger partial charge in [-0.1, -0.05) is 43.3 Å². The quantitative estimate of drug-likeness (QED) is 0.676. The van der Waals surface area contributed by atoms with Gasteiger partial charge in [0, 0.05) is 18.9 Å². The Morgan fingerprint density at radius 1 is 0.964 bits per heavy atom. The van der Waals surface area contributed by atoms with Gasteiger partial charge in [-0.25, -0.2) is 0 Å². The van der Waals surface area contributed by atoms with Crippen molar-refractivity contribution < 1.29 is 19.1 Å². The molecule has 1 heterocycles. The summed E-state index contributed by atoms with van der Waals surface area (Å²) in [6.45, 7) is 3.14.